The number of aliphatic carboxylic acids is 1. The Morgan fingerprint density at radius 3 is 2.00 bits per heavy atom. The maximum atomic E-state index is 13.2. The van der Waals surface area contributed by atoms with Gasteiger partial charge in [-0.25, -0.2) is 9.59 Å². The van der Waals surface area contributed by atoms with E-state index in [4.69, 9.17) is 9.47 Å². The first-order valence-electron chi connectivity index (χ1n) is 13.6. The molecule has 214 valence electrons. The van der Waals surface area contributed by atoms with Gasteiger partial charge in [0.25, 0.3) is 0 Å². The number of nitrogens with one attached hydrogen (secondary N) is 2. The summed E-state index contributed by atoms with van der Waals surface area (Å²) in [5.41, 5.74) is 4.95. The molecule has 0 heterocycles. The Balaban J connectivity index is 1.44. The van der Waals surface area contributed by atoms with Crippen LogP contribution in [0.25, 0.3) is 11.1 Å². The SMILES string of the molecule is CCC(C)C(NC(=O)[C@H](CC(=O)OCc1ccccc1)NC(=O)OCC1c2ccccc2-c2ccccc21)C(=O)O. The number of amides is 2. The topological polar surface area (TPSA) is 131 Å². The standard InChI is InChI=1S/C32H34N2O7/c1-3-20(2)29(31(37)38)34-30(36)27(17-28(35)40-18-21-11-5-4-6-12-21)33-32(39)41-19-26-24-15-9-7-13-22(24)23-14-8-10-16-25(23)26/h4-16,20,26-27,29H,3,17-19H2,1-2H3,(H,33,39)(H,34,36)(H,37,38)/t20?,27-,29?/m0/s1. The van der Waals surface area contributed by atoms with Gasteiger partial charge in [0.05, 0.1) is 6.42 Å². The molecule has 3 N–H and O–H groups in total. The van der Waals surface area contributed by atoms with Crippen LogP contribution in [0.4, 0.5) is 4.79 Å². The van der Waals surface area contributed by atoms with Gasteiger partial charge in [0.2, 0.25) is 5.91 Å². The molecule has 0 spiro atoms. The predicted molar refractivity (Wildman–Crippen MR) is 152 cm³/mol. The first-order chi connectivity index (χ1) is 19.8. The van der Waals surface area contributed by atoms with Crippen molar-refractivity contribution in [3.8, 4) is 11.1 Å². The summed E-state index contributed by atoms with van der Waals surface area (Å²) < 4.78 is 10.9. The Morgan fingerprint density at radius 2 is 1.41 bits per heavy atom. The summed E-state index contributed by atoms with van der Waals surface area (Å²) in [4.78, 5) is 50.5. The molecule has 2 unspecified atom stereocenters. The van der Waals surface area contributed by atoms with Crippen molar-refractivity contribution in [2.45, 2.75) is 51.3 Å². The monoisotopic (exact) mass is 558 g/mol. The maximum Gasteiger partial charge on any atom is 0.407 e. The summed E-state index contributed by atoms with van der Waals surface area (Å²) in [5.74, 6) is -3.33. The van der Waals surface area contributed by atoms with E-state index < -0.39 is 42.4 Å². The van der Waals surface area contributed by atoms with Crippen LogP contribution in [0.2, 0.25) is 0 Å². The second-order valence-corrected chi connectivity index (χ2v) is 10.1. The van der Waals surface area contributed by atoms with E-state index >= 15 is 0 Å². The Morgan fingerprint density at radius 1 is 0.829 bits per heavy atom. The minimum Gasteiger partial charge on any atom is -0.480 e. The number of carbonyl (C=O) groups excluding carboxylic acids is 3. The van der Waals surface area contributed by atoms with Crippen molar-refractivity contribution in [3.05, 3.63) is 95.6 Å². The highest BCUT2D eigenvalue weighted by Gasteiger charge is 2.33. The van der Waals surface area contributed by atoms with Crippen LogP contribution in [0.3, 0.4) is 0 Å². The zero-order valence-electron chi connectivity index (χ0n) is 23.0. The van der Waals surface area contributed by atoms with Gasteiger partial charge in [-0.05, 0) is 33.7 Å². The fourth-order valence-electron chi connectivity index (χ4n) is 4.89. The molecule has 0 saturated carbocycles. The molecule has 0 fully saturated rings. The largest absolute Gasteiger partial charge is 0.480 e. The molecule has 0 radical (unpaired) electrons. The number of carboxylic acid groups (broad SMARTS) is 1. The van der Waals surface area contributed by atoms with Crippen molar-refractivity contribution in [2.24, 2.45) is 5.92 Å². The van der Waals surface area contributed by atoms with E-state index in [1.165, 1.54) is 0 Å². The van der Waals surface area contributed by atoms with Crippen LogP contribution < -0.4 is 10.6 Å². The molecule has 0 aromatic heterocycles. The number of ether oxygens (including phenoxy) is 2. The summed E-state index contributed by atoms with van der Waals surface area (Å²) in [7, 11) is 0. The third-order valence-corrected chi connectivity index (χ3v) is 7.34. The highest BCUT2D eigenvalue weighted by molar-refractivity contribution is 5.92. The lowest BCUT2D eigenvalue weighted by atomic mass is 9.98. The molecule has 3 aromatic carbocycles. The summed E-state index contributed by atoms with van der Waals surface area (Å²) in [6.07, 6.45) is -0.908. The van der Waals surface area contributed by atoms with Crippen LogP contribution in [-0.2, 0) is 30.5 Å². The zero-order valence-corrected chi connectivity index (χ0v) is 23.0. The van der Waals surface area contributed by atoms with E-state index in [0.717, 1.165) is 27.8 Å². The number of carbonyl (C=O) groups is 4. The maximum absolute atomic E-state index is 13.2. The van der Waals surface area contributed by atoms with Gasteiger partial charge in [0, 0.05) is 5.92 Å². The molecule has 3 aromatic rings. The smallest absolute Gasteiger partial charge is 0.407 e. The second-order valence-electron chi connectivity index (χ2n) is 10.1. The van der Waals surface area contributed by atoms with E-state index in [0.29, 0.717) is 6.42 Å². The third kappa shape index (κ3) is 7.30. The van der Waals surface area contributed by atoms with Crippen molar-refractivity contribution < 1.29 is 33.8 Å². The van der Waals surface area contributed by atoms with E-state index in [9.17, 15) is 24.3 Å². The van der Waals surface area contributed by atoms with Crippen LogP contribution in [0.5, 0.6) is 0 Å². The number of esters is 1. The molecular weight excluding hydrogens is 524 g/mol. The zero-order chi connectivity index (χ0) is 29.4. The molecule has 9 heteroatoms. The van der Waals surface area contributed by atoms with Gasteiger partial charge in [-0.2, -0.15) is 0 Å². The van der Waals surface area contributed by atoms with Crippen molar-refractivity contribution in [2.75, 3.05) is 6.61 Å². The minimum atomic E-state index is -1.40. The van der Waals surface area contributed by atoms with Gasteiger partial charge < -0.3 is 25.2 Å². The van der Waals surface area contributed by atoms with E-state index in [1.807, 2.05) is 54.6 Å². The molecule has 1 aliphatic carbocycles. The van der Waals surface area contributed by atoms with E-state index in [1.54, 1.807) is 38.1 Å². The lowest BCUT2D eigenvalue weighted by molar-refractivity contribution is -0.147. The van der Waals surface area contributed by atoms with E-state index in [2.05, 4.69) is 10.6 Å². The van der Waals surface area contributed by atoms with Crippen molar-refractivity contribution in [1.82, 2.24) is 10.6 Å². The molecule has 2 amide bonds. The van der Waals surface area contributed by atoms with Gasteiger partial charge in [-0.1, -0.05) is 99.1 Å². The van der Waals surface area contributed by atoms with Crippen molar-refractivity contribution in [3.63, 3.8) is 0 Å². The Labute approximate surface area is 238 Å². The number of fused-ring (bicyclic) bond motifs is 3. The van der Waals surface area contributed by atoms with Crippen LogP contribution in [0.15, 0.2) is 78.9 Å². The lowest BCUT2D eigenvalue weighted by Crippen LogP contribution is -2.54. The quantitative estimate of drug-likeness (QED) is 0.276. The van der Waals surface area contributed by atoms with Crippen molar-refractivity contribution in [1.29, 1.82) is 0 Å². The van der Waals surface area contributed by atoms with Gasteiger partial charge in [0.15, 0.2) is 0 Å². The molecule has 4 rings (SSSR count). The summed E-state index contributed by atoms with van der Waals surface area (Å²) in [6.45, 7) is 3.50. The molecular formula is C32H34N2O7. The second kappa shape index (κ2) is 13.6. The predicted octanol–water partition coefficient (Wildman–Crippen LogP) is 4.64. The Bertz CT molecular complexity index is 1350. The first-order valence-corrected chi connectivity index (χ1v) is 13.6. The number of rotatable bonds is 12. The fraction of sp³-hybridized carbons (Fsp3) is 0.312. The molecule has 3 atom stereocenters. The van der Waals surface area contributed by atoms with Gasteiger partial charge in [-0.3, -0.25) is 9.59 Å². The molecule has 0 bridgehead atoms. The molecule has 0 aliphatic heterocycles. The molecule has 41 heavy (non-hydrogen) atoms. The molecule has 9 nitrogen and oxygen atoms in total. The highest BCUT2D eigenvalue weighted by Crippen LogP contribution is 2.44. The van der Waals surface area contributed by atoms with Crippen LogP contribution >= 0.6 is 0 Å². The number of carboxylic acids is 1. The van der Waals surface area contributed by atoms with Gasteiger partial charge >= 0.3 is 18.0 Å². The summed E-state index contributed by atoms with van der Waals surface area (Å²) >= 11 is 0. The van der Waals surface area contributed by atoms with Crippen LogP contribution in [0.1, 0.15) is 49.3 Å². The summed E-state index contributed by atoms with van der Waals surface area (Å²) in [6, 6.07) is 22.2. The third-order valence-electron chi connectivity index (χ3n) is 7.34. The average Bonchev–Trinajstić information content (AvgIpc) is 3.30. The Hall–Kier alpha value is -4.66. The van der Waals surface area contributed by atoms with Gasteiger partial charge in [-0.15, -0.1) is 0 Å². The van der Waals surface area contributed by atoms with Crippen LogP contribution in [-0.4, -0.2) is 47.7 Å². The molecule has 0 saturated heterocycles. The number of hydrogen-bond donors (Lipinski definition) is 3. The lowest BCUT2D eigenvalue weighted by Gasteiger charge is -2.24. The highest BCUT2D eigenvalue weighted by atomic mass is 16.5. The van der Waals surface area contributed by atoms with Crippen LogP contribution in [0, 0.1) is 5.92 Å². The van der Waals surface area contributed by atoms with E-state index in [-0.39, 0.29) is 25.0 Å². The number of alkyl carbamates (subject to hydrolysis) is 1. The number of hydrogen-bond acceptors (Lipinski definition) is 6. The first kappa shape index (κ1) is 29.3. The van der Waals surface area contributed by atoms with Crippen molar-refractivity contribution >= 4 is 23.9 Å². The average molecular weight is 559 g/mol. The Kier molecular flexibility index (Phi) is 9.73. The van der Waals surface area contributed by atoms with Gasteiger partial charge in [0.1, 0.15) is 25.3 Å². The fourth-order valence-corrected chi connectivity index (χ4v) is 4.89. The minimum absolute atomic E-state index is 0.0103. The number of benzene rings is 3. The summed E-state index contributed by atoms with van der Waals surface area (Å²) in [5, 5.41) is 14.5. The molecule has 1 aliphatic rings. The normalized spacial score (nSPS) is 14.1.